The molecule has 25 heavy (non-hydrogen) atoms. The minimum absolute atomic E-state index is 0.292. The monoisotopic (exact) mass is 352 g/mol. The Bertz CT molecular complexity index is 913. The van der Waals surface area contributed by atoms with Gasteiger partial charge in [0.05, 0.1) is 17.3 Å². The third kappa shape index (κ3) is 4.40. The van der Waals surface area contributed by atoms with Crippen molar-refractivity contribution in [3.8, 4) is 17.3 Å². The molecule has 0 radical (unpaired) electrons. The molecule has 1 heterocycles. The first-order valence-electron chi connectivity index (χ1n) is 7.39. The van der Waals surface area contributed by atoms with E-state index in [4.69, 9.17) is 5.26 Å². The molecule has 5 nitrogen and oxygen atoms in total. The number of hydrogen-bond donors (Lipinski definition) is 2. The van der Waals surface area contributed by atoms with Gasteiger partial charge in [0, 0.05) is 17.5 Å². The van der Waals surface area contributed by atoms with Crippen molar-refractivity contribution in [2.45, 2.75) is 6.54 Å². The van der Waals surface area contributed by atoms with E-state index in [2.05, 4.69) is 21.7 Å². The molecule has 3 aromatic rings. The van der Waals surface area contributed by atoms with E-state index in [0.717, 1.165) is 16.8 Å². The Balaban J connectivity index is 1.57. The van der Waals surface area contributed by atoms with Crippen molar-refractivity contribution < 1.29 is 9.18 Å². The van der Waals surface area contributed by atoms with Crippen molar-refractivity contribution in [3.63, 3.8) is 0 Å². The fourth-order valence-electron chi connectivity index (χ4n) is 2.11. The van der Waals surface area contributed by atoms with E-state index in [1.165, 1.54) is 23.5 Å². The summed E-state index contributed by atoms with van der Waals surface area (Å²) in [6.07, 6.45) is 0. The molecule has 2 aromatic carbocycles. The second kappa shape index (κ2) is 7.55. The number of halogens is 1. The number of nitriles is 1. The third-order valence-corrected chi connectivity index (χ3v) is 4.16. The van der Waals surface area contributed by atoms with Crippen molar-refractivity contribution >= 4 is 22.5 Å². The van der Waals surface area contributed by atoms with E-state index in [1.54, 1.807) is 24.3 Å². The summed E-state index contributed by atoms with van der Waals surface area (Å²) in [5.74, 6) is -0.314. The molecule has 0 aliphatic rings. The summed E-state index contributed by atoms with van der Waals surface area (Å²) >= 11 is 1.31. The Morgan fingerprint density at radius 2 is 1.88 bits per heavy atom. The normalized spacial score (nSPS) is 10.1. The maximum Gasteiger partial charge on any atom is 0.321 e. The van der Waals surface area contributed by atoms with Crippen molar-refractivity contribution in [1.82, 2.24) is 10.3 Å². The highest BCUT2D eigenvalue weighted by atomic mass is 32.1. The highest BCUT2D eigenvalue weighted by Gasteiger charge is 2.08. The number of anilines is 1. The SMILES string of the molecule is N#Cc1ccc(-c2csc(NC(=O)NCc3ccc(F)cc3)n2)cc1. The van der Waals surface area contributed by atoms with Crippen molar-refractivity contribution in [1.29, 1.82) is 5.26 Å². The van der Waals surface area contributed by atoms with E-state index in [0.29, 0.717) is 17.2 Å². The zero-order valence-corrected chi connectivity index (χ0v) is 13.8. The number of carbonyl (C=O) groups is 1. The molecule has 0 unspecified atom stereocenters. The van der Waals surface area contributed by atoms with E-state index >= 15 is 0 Å². The van der Waals surface area contributed by atoms with Gasteiger partial charge in [0.25, 0.3) is 0 Å². The minimum Gasteiger partial charge on any atom is -0.334 e. The first kappa shape index (κ1) is 16.6. The number of rotatable bonds is 4. The molecule has 0 bridgehead atoms. The molecule has 0 aliphatic heterocycles. The average molecular weight is 352 g/mol. The number of amides is 2. The predicted molar refractivity (Wildman–Crippen MR) is 94.5 cm³/mol. The van der Waals surface area contributed by atoms with E-state index in [-0.39, 0.29) is 11.8 Å². The summed E-state index contributed by atoms with van der Waals surface area (Å²) in [4.78, 5) is 16.3. The number of nitrogens with one attached hydrogen (secondary N) is 2. The van der Waals surface area contributed by atoms with Crippen LogP contribution in [0.2, 0.25) is 0 Å². The molecular weight excluding hydrogens is 339 g/mol. The zero-order chi connectivity index (χ0) is 17.6. The van der Waals surface area contributed by atoms with Gasteiger partial charge < -0.3 is 5.32 Å². The third-order valence-electron chi connectivity index (χ3n) is 3.40. The highest BCUT2D eigenvalue weighted by Crippen LogP contribution is 2.25. The Labute approximate surface area is 147 Å². The van der Waals surface area contributed by atoms with Crippen LogP contribution in [-0.2, 0) is 6.54 Å². The standard InChI is InChI=1S/C18H13FN4OS/c19-15-7-3-13(4-8-15)10-21-17(24)23-18-22-16(11-25-18)14-5-1-12(9-20)2-6-14/h1-8,11H,10H2,(H2,21,22,23,24). The smallest absolute Gasteiger partial charge is 0.321 e. The summed E-state index contributed by atoms with van der Waals surface area (Å²) in [7, 11) is 0. The van der Waals surface area contributed by atoms with Crippen LogP contribution in [0.15, 0.2) is 53.9 Å². The van der Waals surface area contributed by atoms with Crippen LogP contribution in [0.1, 0.15) is 11.1 Å². The molecule has 0 saturated heterocycles. The Morgan fingerprint density at radius 3 is 2.56 bits per heavy atom. The van der Waals surface area contributed by atoms with Gasteiger partial charge in [-0.1, -0.05) is 24.3 Å². The molecule has 0 saturated carbocycles. The van der Waals surface area contributed by atoms with Gasteiger partial charge in [-0.25, -0.2) is 14.2 Å². The summed E-state index contributed by atoms with van der Waals surface area (Å²) in [6.45, 7) is 0.292. The fraction of sp³-hybridized carbons (Fsp3) is 0.0556. The van der Waals surface area contributed by atoms with Crippen LogP contribution in [0.4, 0.5) is 14.3 Å². The van der Waals surface area contributed by atoms with Crippen LogP contribution in [0, 0.1) is 17.1 Å². The van der Waals surface area contributed by atoms with Crippen LogP contribution >= 0.6 is 11.3 Å². The van der Waals surface area contributed by atoms with Crippen LogP contribution in [0.5, 0.6) is 0 Å². The van der Waals surface area contributed by atoms with Crippen LogP contribution in [0.3, 0.4) is 0 Å². The van der Waals surface area contributed by atoms with Gasteiger partial charge in [0.2, 0.25) is 0 Å². The topological polar surface area (TPSA) is 77.8 Å². The highest BCUT2D eigenvalue weighted by molar-refractivity contribution is 7.14. The minimum atomic E-state index is -0.384. The average Bonchev–Trinajstić information content (AvgIpc) is 3.10. The molecule has 124 valence electrons. The fourth-order valence-corrected chi connectivity index (χ4v) is 2.82. The second-order valence-electron chi connectivity index (χ2n) is 5.16. The number of urea groups is 1. The predicted octanol–water partition coefficient (Wildman–Crippen LogP) is 4.14. The quantitative estimate of drug-likeness (QED) is 0.741. The molecule has 1 aromatic heterocycles. The lowest BCUT2D eigenvalue weighted by Gasteiger charge is -2.05. The molecular formula is C18H13FN4OS. The summed E-state index contributed by atoms with van der Waals surface area (Å²) in [5.41, 5.74) is 2.98. The van der Waals surface area contributed by atoms with Crippen LogP contribution in [0.25, 0.3) is 11.3 Å². The number of carbonyl (C=O) groups excluding carboxylic acids is 1. The number of nitrogens with zero attached hydrogens (tertiary/aromatic N) is 2. The maximum atomic E-state index is 12.8. The first-order valence-corrected chi connectivity index (χ1v) is 8.27. The van der Waals surface area contributed by atoms with E-state index < -0.39 is 0 Å². The van der Waals surface area contributed by atoms with E-state index in [9.17, 15) is 9.18 Å². The Kier molecular flexibility index (Phi) is 5.02. The molecule has 2 amide bonds. The lowest BCUT2D eigenvalue weighted by atomic mass is 10.1. The summed E-state index contributed by atoms with van der Waals surface area (Å²) < 4.78 is 12.8. The number of hydrogen-bond acceptors (Lipinski definition) is 4. The van der Waals surface area contributed by atoms with E-state index in [1.807, 2.05) is 17.5 Å². The Hall–Kier alpha value is -3.24. The lowest BCUT2D eigenvalue weighted by Crippen LogP contribution is -2.28. The molecule has 7 heteroatoms. The van der Waals surface area contributed by atoms with Gasteiger partial charge in [0.15, 0.2) is 5.13 Å². The van der Waals surface area contributed by atoms with Crippen LogP contribution < -0.4 is 10.6 Å². The summed E-state index contributed by atoms with van der Waals surface area (Å²) in [6, 6.07) is 14.7. The maximum absolute atomic E-state index is 12.8. The van der Waals surface area contributed by atoms with Gasteiger partial charge in [-0.05, 0) is 29.8 Å². The Morgan fingerprint density at radius 1 is 1.16 bits per heavy atom. The van der Waals surface area contributed by atoms with Crippen molar-refractivity contribution in [3.05, 3.63) is 70.9 Å². The lowest BCUT2D eigenvalue weighted by molar-refractivity contribution is 0.251. The van der Waals surface area contributed by atoms with Gasteiger partial charge in [-0.3, -0.25) is 5.32 Å². The van der Waals surface area contributed by atoms with Gasteiger partial charge in [-0.2, -0.15) is 5.26 Å². The second-order valence-corrected chi connectivity index (χ2v) is 6.02. The number of thiazole rings is 1. The molecule has 0 atom stereocenters. The number of benzene rings is 2. The van der Waals surface area contributed by atoms with Crippen LogP contribution in [-0.4, -0.2) is 11.0 Å². The molecule has 2 N–H and O–H groups in total. The largest absolute Gasteiger partial charge is 0.334 e. The summed E-state index contributed by atoms with van der Waals surface area (Å²) in [5, 5.41) is 16.5. The van der Waals surface area contributed by atoms with Gasteiger partial charge >= 0.3 is 6.03 Å². The zero-order valence-electron chi connectivity index (χ0n) is 13.0. The molecule has 3 rings (SSSR count). The van der Waals surface area contributed by atoms with Crippen molar-refractivity contribution in [2.75, 3.05) is 5.32 Å². The molecule has 0 fully saturated rings. The number of aromatic nitrogens is 1. The molecule has 0 spiro atoms. The molecule has 0 aliphatic carbocycles. The van der Waals surface area contributed by atoms with Gasteiger partial charge in [0.1, 0.15) is 5.82 Å². The van der Waals surface area contributed by atoms with Crippen molar-refractivity contribution in [2.24, 2.45) is 0 Å². The van der Waals surface area contributed by atoms with Gasteiger partial charge in [-0.15, -0.1) is 11.3 Å². The first-order chi connectivity index (χ1) is 12.1.